The molecule has 0 aliphatic heterocycles. The van der Waals surface area contributed by atoms with Gasteiger partial charge in [0.1, 0.15) is 11.4 Å². The molecule has 2 rings (SSSR count). The minimum Gasteiger partial charge on any atom is -0.435 e. The second-order valence-electron chi connectivity index (χ2n) is 5.33. The van der Waals surface area contributed by atoms with Crippen molar-refractivity contribution in [3.8, 4) is 5.75 Å². The van der Waals surface area contributed by atoms with Gasteiger partial charge in [0.2, 0.25) is 10.0 Å². The molecule has 8 nitrogen and oxygen atoms in total. The summed E-state index contributed by atoms with van der Waals surface area (Å²) in [5.41, 5.74) is 0.436. The largest absolute Gasteiger partial charge is 0.435 e. The van der Waals surface area contributed by atoms with Crippen LogP contribution in [-0.2, 0) is 16.6 Å². The predicted molar refractivity (Wildman–Crippen MR) is 89.7 cm³/mol. The molecule has 0 fully saturated rings. The third-order valence-electron chi connectivity index (χ3n) is 3.45. The van der Waals surface area contributed by atoms with Gasteiger partial charge in [0.05, 0.1) is 9.82 Å². The van der Waals surface area contributed by atoms with Gasteiger partial charge < -0.3 is 9.64 Å². The number of sulfonamides is 1. The third-order valence-corrected chi connectivity index (χ3v) is 4.36. The summed E-state index contributed by atoms with van der Waals surface area (Å²) in [6.07, 6.45) is 0. The molecule has 0 atom stereocenters. The molecule has 0 unspecified atom stereocenters. The van der Waals surface area contributed by atoms with E-state index >= 15 is 0 Å². The lowest BCUT2D eigenvalue weighted by Gasteiger charge is -2.20. The standard InChI is InChI=1S/C15H15F2N3O5S/c1-19(9-10-2-4-11(5-3-10)25-15(16)17)13-7-6-12(26(18,23)24)8-14(13)20(21)22/h2-8,15H,9H2,1H3,(H2,18,23,24). The molecule has 11 heteroatoms. The lowest BCUT2D eigenvalue weighted by Crippen LogP contribution is -2.19. The van der Waals surface area contributed by atoms with Gasteiger partial charge in [0.25, 0.3) is 5.69 Å². The Morgan fingerprint density at radius 2 is 1.85 bits per heavy atom. The number of nitrogens with two attached hydrogens (primary N) is 1. The first-order valence-electron chi connectivity index (χ1n) is 7.14. The fourth-order valence-electron chi connectivity index (χ4n) is 2.28. The number of nitrogens with zero attached hydrogens (tertiary/aromatic N) is 2. The number of hydrogen-bond donors (Lipinski definition) is 1. The van der Waals surface area contributed by atoms with Crippen LogP contribution in [0.5, 0.6) is 5.75 Å². The first-order valence-corrected chi connectivity index (χ1v) is 8.68. The van der Waals surface area contributed by atoms with Crippen LogP contribution in [0.3, 0.4) is 0 Å². The average Bonchev–Trinajstić information content (AvgIpc) is 2.54. The van der Waals surface area contributed by atoms with Crippen molar-refractivity contribution in [3.05, 3.63) is 58.1 Å². The molecule has 0 saturated heterocycles. The Balaban J connectivity index is 2.26. The van der Waals surface area contributed by atoms with Crippen LogP contribution >= 0.6 is 0 Å². The van der Waals surface area contributed by atoms with Crippen molar-refractivity contribution in [1.29, 1.82) is 0 Å². The molecule has 0 aliphatic rings. The molecule has 0 radical (unpaired) electrons. The highest BCUT2D eigenvalue weighted by molar-refractivity contribution is 7.89. The summed E-state index contributed by atoms with van der Waals surface area (Å²) < 4.78 is 51.3. The van der Waals surface area contributed by atoms with Crippen molar-refractivity contribution in [3.63, 3.8) is 0 Å². The number of benzene rings is 2. The van der Waals surface area contributed by atoms with E-state index < -0.39 is 27.2 Å². The molecule has 26 heavy (non-hydrogen) atoms. The number of halogens is 2. The highest BCUT2D eigenvalue weighted by Crippen LogP contribution is 2.31. The van der Waals surface area contributed by atoms with Crippen LogP contribution in [0.1, 0.15) is 5.56 Å². The molecule has 2 N–H and O–H groups in total. The lowest BCUT2D eigenvalue weighted by molar-refractivity contribution is -0.384. The van der Waals surface area contributed by atoms with Crippen molar-refractivity contribution in [2.75, 3.05) is 11.9 Å². The maximum absolute atomic E-state index is 12.1. The molecule has 0 aliphatic carbocycles. The fourth-order valence-corrected chi connectivity index (χ4v) is 2.82. The zero-order valence-electron chi connectivity index (χ0n) is 13.5. The van der Waals surface area contributed by atoms with Crippen LogP contribution in [0.2, 0.25) is 0 Å². The Labute approximate surface area is 148 Å². The Morgan fingerprint density at radius 3 is 2.35 bits per heavy atom. The molecular formula is C15H15F2N3O5S. The van der Waals surface area contributed by atoms with Gasteiger partial charge in [-0.2, -0.15) is 8.78 Å². The smallest absolute Gasteiger partial charge is 0.387 e. The van der Waals surface area contributed by atoms with Gasteiger partial charge in [-0.05, 0) is 29.8 Å². The topological polar surface area (TPSA) is 116 Å². The van der Waals surface area contributed by atoms with Gasteiger partial charge in [0.15, 0.2) is 0 Å². The van der Waals surface area contributed by atoms with Crippen molar-refractivity contribution >= 4 is 21.4 Å². The van der Waals surface area contributed by atoms with Gasteiger partial charge in [-0.1, -0.05) is 12.1 Å². The first kappa shape index (κ1) is 19.5. The number of primary sulfonamides is 1. The molecular weight excluding hydrogens is 372 g/mol. The van der Waals surface area contributed by atoms with E-state index in [1.165, 1.54) is 29.2 Å². The minimum atomic E-state index is -4.07. The van der Waals surface area contributed by atoms with E-state index in [0.717, 1.165) is 6.07 Å². The highest BCUT2D eigenvalue weighted by Gasteiger charge is 2.21. The van der Waals surface area contributed by atoms with Gasteiger partial charge in [-0.15, -0.1) is 0 Å². The summed E-state index contributed by atoms with van der Waals surface area (Å²) in [5.74, 6) is -0.00473. The van der Waals surface area contributed by atoms with E-state index in [4.69, 9.17) is 5.14 Å². The molecule has 0 amide bonds. The molecule has 0 bridgehead atoms. The SMILES string of the molecule is CN(Cc1ccc(OC(F)F)cc1)c1ccc(S(N)(=O)=O)cc1[N+](=O)[O-]. The number of ether oxygens (including phenoxy) is 1. The highest BCUT2D eigenvalue weighted by atomic mass is 32.2. The van der Waals surface area contributed by atoms with E-state index in [0.29, 0.717) is 5.56 Å². The number of nitro benzene ring substituents is 1. The van der Waals surface area contributed by atoms with Crippen molar-refractivity contribution < 1.29 is 26.9 Å². The zero-order valence-corrected chi connectivity index (χ0v) is 14.3. The van der Waals surface area contributed by atoms with Crippen LogP contribution in [0.25, 0.3) is 0 Å². The van der Waals surface area contributed by atoms with E-state index in [9.17, 15) is 27.3 Å². The second kappa shape index (κ2) is 7.62. The summed E-state index contributed by atoms with van der Waals surface area (Å²) in [5, 5.41) is 16.3. The Morgan fingerprint density at radius 1 is 1.23 bits per heavy atom. The Bertz CT molecular complexity index is 904. The molecule has 2 aromatic carbocycles. The molecule has 0 spiro atoms. The summed E-state index contributed by atoms with van der Waals surface area (Å²) in [6, 6.07) is 9.14. The number of hydrogen-bond acceptors (Lipinski definition) is 6. The summed E-state index contributed by atoms with van der Waals surface area (Å²) in [6.45, 7) is -2.71. The molecule has 0 heterocycles. The van der Waals surface area contributed by atoms with E-state index in [1.807, 2.05) is 0 Å². The maximum atomic E-state index is 12.1. The van der Waals surface area contributed by atoms with Crippen molar-refractivity contribution in [1.82, 2.24) is 0 Å². The average molecular weight is 387 g/mol. The van der Waals surface area contributed by atoms with E-state index in [2.05, 4.69) is 4.74 Å². The summed E-state index contributed by atoms with van der Waals surface area (Å²) in [7, 11) is -2.50. The van der Waals surface area contributed by atoms with Crippen molar-refractivity contribution in [2.24, 2.45) is 5.14 Å². The number of anilines is 1. The maximum Gasteiger partial charge on any atom is 0.387 e. The lowest BCUT2D eigenvalue weighted by atomic mass is 10.2. The van der Waals surface area contributed by atoms with Crippen LogP contribution in [0, 0.1) is 10.1 Å². The van der Waals surface area contributed by atoms with E-state index in [1.54, 1.807) is 19.2 Å². The van der Waals surface area contributed by atoms with Gasteiger partial charge in [0, 0.05) is 19.7 Å². The summed E-state index contributed by atoms with van der Waals surface area (Å²) >= 11 is 0. The molecule has 0 saturated carbocycles. The monoisotopic (exact) mass is 387 g/mol. The zero-order chi connectivity index (χ0) is 19.5. The number of nitro groups is 1. The number of alkyl halides is 2. The Hall–Kier alpha value is -2.79. The van der Waals surface area contributed by atoms with Crippen LogP contribution in [0.4, 0.5) is 20.2 Å². The van der Waals surface area contributed by atoms with E-state index in [-0.39, 0.29) is 22.9 Å². The third kappa shape index (κ3) is 4.86. The normalized spacial score (nSPS) is 11.4. The number of rotatable bonds is 7. The van der Waals surface area contributed by atoms with Crippen LogP contribution in [0.15, 0.2) is 47.4 Å². The van der Waals surface area contributed by atoms with Gasteiger partial charge in [-0.3, -0.25) is 10.1 Å². The fraction of sp³-hybridized carbons (Fsp3) is 0.200. The molecule has 0 aromatic heterocycles. The first-order chi connectivity index (χ1) is 12.1. The Kier molecular flexibility index (Phi) is 5.73. The molecule has 140 valence electrons. The van der Waals surface area contributed by atoms with Gasteiger partial charge >= 0.3 is 6.61 Å². The van der Waals surface area contributed by atoms with Crippen LogP contribution in [-0.4, -0.2) is 27.0 Å². The summed E-state index contributed by atoms with van der Waals surface area (Å²) in [4.78, 5) is 11.7. The second-order valence-corrected chi connectivity index (χ2v) is 6.89. The predicted octanol–water partition coefficient (Wildman–Crippen LogP) is 2.48. The molecule has 2 aromatic rings. The van der Waals surface area contributed by atoms with Gasteiger partial charge in [-0.25, -0.2) is 13.6 Å². The minimum absolute atomic E-state index is 0.00473. The van der Waals surface area contributed by atoms with Crippen LogP contribution < -0.4 is 14.8 Å². The quantitative estimate of drug-likeness (QED) is 0.576. The van der Waals surface area contributed by atoms with Crippen molar-refractivity contribution in [2.45, 2.75) is 18.1 Å².